The van der Waals surface area contributed by atoms with E-state index in [1.54, 1.807) is 35.2 Å². The standard InChI is InChI=1S/C22H23BrN2O4S/c23-18-6-4-17(5-7-18)21-15-25(13-14-29-21)22(26)12-3-16-1-10-20(11-2-16)30(27,28)24-19-8-9-19/h1-7,10-12,19,21,24H,8-9,13-15H2/b12-3+. The number of ether oxygens (including phenoxy) is 1. The molecule has 30 heavy (non-hydrogen) atoms. The van der Waals surface area contributed by atoms with E-state index in [0.717, 1.165) is 28.4 Å². The van der Waals surface area contributed by atoms with Crippen LogP contribution < -0.4 is 4.72 Å². The lowest BCUT2D eigenvalue weighted by molar-refractivity contribution is -0.133. The minimum absolute atomic E-state index is 0.0713. The monoisotopic (exact) mass is 490 g/mol. The summed E-state index contributed by atoms with van der Waals surface area (Å²) in [7, 11) is -3.46. The number of morpholine rings is 1. The van der Waals surface area contributed by atoms with E-state index in [1.807, 2.05) is 24.3 Å². The Morgan fingerprint density at radius 3 is 2.47 bits per heavy atom. The molecule has 0 bridgehead atoms. The Balaban J connectivity index is 1.37. The SMILES string of the molecule is O=C(/C=C/c1ccc(S(=O)(=O)NC2CC2)cc1)N1CCOC(c2ccc(Br)cc2)C1. The van der Waals surface area contributed by atoms with Crippen molar-refractivity contribution in [1.82, 2.24) is 9.62 Å². The van der Waals surface area contributed by atoms with Crippen molar-refractivity contribution in [2.45, 2.75) is 29.9 Å². The molecule has 1 saturated carbocycles. The van der Waals surface area contributed by atoms with Crippen molar-refractivity contribution in [2.24, 2.45) is 0 Å². The number of nitrogens with zero attached hydrogens (tertiary/aromatic N) is 1. The van der Waals surface area contributed by atoms with Gasteiger partial charge in [-0.3, -0.25) is 4.79 Å². The van der Waals surface area contributed by atoms with E-state index in [0.29, 0.717) is 19.7 Å². The zero-order chi connectivity index (χ0) is 21.1. The van der Waals surface area contributed by atoms with E-state index in [2.05, 4.69) is 20.7 Å². The number of carbonyl (C=O) groups is 1. The molecular weight excluding hydrogens is 468 g/mol. The van der Waals surface area contributed by atoms with Crippen LogP contribution in [-0.2, 0) is 19.6 Å². The Hall–Kier alpha value is -2.00. The van der Waals surface area contributed by atoms with Crippen LogP contribution in [0.4, 0.5) is 0 Å². The van der Waals surface area contributed by atoms with Gasteiger partial charge in [-0.1, -0.05) is 40.2 Å². The molecule has 1 aliphatic heterocycles. The normalized spacial score (nSPS) is 19.9. The van der Waals surface area contributed by atoms with Crippen molar-refractivity contribution >= 4 is 37.9 Å². The van der Waals surface area contributed by atoms with E-state index in [4.69, 9.17) is 4.74 Å². The summed E-state index contributed by atoms with van der Waals surface area (Å²) in [5.74, 6) is -0.0903. The van der Waals surface area contributed by atoms with Gasteiger partial charge in [-0.2, -0.15) is 0 Å². The lowest BCUT2D eigenvalue weighted by atomic mass is 10.1. The Morgan fingerprint density at radius 2 is 1.80 bits per heavy atom. The van der Waals surface area contributed by atoms with Crippen molar-refractivity contribution in [1.29, 1.82) is 0 Å². The molecule has 4 rings (SSSR count). The second-order valence-corrected chi connectivity index (χ2v) is 10.1. The Kier molecular flexibility index (Phi) is 6.38. The van der Waals surface area contributed by atoms with Gasteiger partial charge >= 0.3 is 0 Å². The number of carbonyl (C=O) groups excluding carboxylic acids is 1. The highest BCUT2D eigenvalue weighted by molar-refractivity contribution is 9.10. The van der Waals surface area contributed by atoms with Crippen molar-refractivity contribution in [3.8, 4) is 0 Å². The first-order valence-electron chi connectivity index (χ1n) is 9.87. The van der Waals surface area contributed by atoms with Gasteiger partial charge in [0.05, 0.1) is 18.0 Å². The Morgan fingerprint density at radius 1 is 1.10 bits per heavy atom. The molecule has 158 valence electrons. The van der Waals surface area contributed by atoms with E-state index in [1.165, 1.54) is 6.08 Å². The molecule has 1 aliphatic carbocycles. The largest absolute Gasteiger partial charge is 0.370 e. The zero-order valence-corrected chi connectivity index (χ0v) is 18.7. The first-order chi connectivity index (χ1) is 14.4. The maximum absolute atomic E-state index is 12.6. The summed E-state index contributed by atoms with van der Waals surface area (Å²) >= 11 is 3.42. The van der Waals surface area contributed by atoms with Crippen LogP contribution >= 0.6 is 15.9 Å². The smallest absolute Gasteiger partial charge is 0.246 e. The van der Waals surface area contributed by atoms with Crippen LogP contribution in [0.15, 0.2) is 64.0 Å². The number of halogens is 1. The van der Waals surface area contributed by atoms with Crippen LogP contribution in [-0.4, -0.2) is 45.0 Å². The highest BCUT2D eigenvalue weighted by atomic mass is 79.9. The molecule has 1 N–H and O–H groups in total. The fraction of sp³-hybridized carbons (Fsp3) is 0.318. The van der Waals surface area contributed by atoms with Crippen LogP contribution in [0, 0.1) is 0 Å². The van der Waals surface area contributed by atoms with E-state index in [-0.39, 0.29) is 22.9 Å². The van der Waals surface area contributed by atoms with Gasteiger partial charge in [-0.15, -0.1) is 0 Å². The quantitative estimate of drug-likeness (QED) is 0.628. The molecule has 2 aliphatic rings. The van der Waals surface area contributed by atoms with Crippen LogP contribution in [0.5, 0.6) is 0 Å². The second kappa shape index (κ2) is 9.01. The number of hydrogen-bond acceptors (Lipinski definition) is 4. The van der Waals surface area contributed by atoms with Gasteiger partial charge in [-0.25, -0.2) is 13.1 Å². The fourth-order valence-corrected chi connectivity index (χ4v) is 4.82. The van der Waals surface area contributed by atoms with Gasteiger partial charge < -0.3 is 9.64 Å². The van der Waals surface area contributed by atoms with E-state index >= 15 is 0 Å². The number of hydrogen-bond donors (Lipinski definition) is 1. The van der Waals surface area contributed by atoms with E-state index in [9.17, 15) is 13.2 Å². The van der Waals surface area contributed by atoms with Gasteiger partial charge in [-0.05, 0) is 54.3 Å². The van der Waals surface area contributed by atoms with Gasteiger partial charge in [0.1, 0.15) is 6.10 Å². The van der Waals surface area contributed by atoms with Crippen LogP contribution in [0.25, 0.3) is 6.08 Å². The third-order valence-corrected chi connectivity index (χ3v) is 7.19. The summed E-state index contributed by atoms with van der Waals surface area (Å²) in [6, 6.07) is 14.5. The summed E-state index contributed by atoms with van der Waals surface area (Å²) in [4.78, 5) is 14.6. The maximum Gasteiger partial charge on any atom is 0.246 e. The van der Waals surface area contributed by atoms with Crippen LogP contribution in [0.1, 0.15) is 30.1 Å². The third kappa shape index (κ3) is 5.37. The van der Waals surface area contributed by atoms with Crippen molar-refractivity contribution in [3.05, 3.63) is 70.2 Å². The lowest BCUT2D eigenvalue weighted by Gasteiger charge is -2.32. The Bertz CT molecular complexity index is 1030. The second-order valence-electron chi connectivity index (χ2n) is 7.49. The molecule has 2 fully saturated rings. The fourth-order valence-electron chi connectivity index (χ4n) is 3.25. The highest BCUT2D eigenvalue weighted by Gasteiger charge is 2.28. The molecule has 6 nitrogen and oxygen atoms in total. The van der Waals surface area contributed by atoms with E-state index < -0.39 is 10.0 Å². The van der Waals surface area contributed by atoms with Crippen LogP contribution in [0.2, 0.25) is 0 Å². The molecule has 2 aromatic rings. The van der Waals surface area contributed by atoms with Crippen molar-refractivity contribution < 1.29 is 17.9 Å². The molecule has 8 heteroatoms. The molecule has 0 spiro atoms. The molecule has 1 saturated heterocycles. The summed E-state index contributed by atoms with van der Waals surface area (Å²) < 4.78 is 33.9. The van der Waals surface area contributed by atoms with Crippen molar-refractivity contribution in [2.75, 3.05) is 19.7 Å². The number of nitrogens with one attached hydrogen (secondary N) is 1. The lowest BCUT2D eigenvalue weighted by Crippen LogP contribution is -2.41. The minimum atomic E-state index is -3.46. The summed E-state index contributed by atoms with van der Waals surface area (Å²) in [6.45, 7) is 1.52. The minimum Gasteiger partial charge on any atom is -0.370 e. The number of sulfonamides is 1. The maximum atomic E-state index is 12.6. The molecular formula is C22H23BrN2O4S. The number of benzene rings is 2. The first kappa shape index (κ1) is 21.2. The summed E-state index contributed by atoms with van der Waals surface area (Å²) in [5.41, 5.74) is 1.81. The van der Waals surface area contributed by atoms with Gasteiger partial charge in [0.2, 0.25) is 15.9 Å². The summed E-state index contributed by atoms with van der Waals surface area (Å²) in [5, 5.41) is 0. The third-order valence-electron chi connectivity index (χ3n) is 5.13. The number of amides is 1. The van der Waals surface area contributed by atoms with Crippen molar-refractivity contribution in [3.63, 3.8) is 0 Å². The molecule has 1 heterocycles. The molecule has 2 aromatic carbocycles. The first-order valence-corrected chi connectivity index (χ1v) is 12.1. The molecule has 1 atom stereocenters. The molecule has 0 radical (unpaired) electrons. The predicted octanol–water partition coefficient (Wildman–Crippen LogP) is 3.50. The topological polar surface area (TPSA) is 75.7 Å². The average molecular weight is 491 g/mol. The van der Waals surface area contributed by atoms with Gasteiger partial charge in [0, 0.05) is 23.1 Å². The zero-order valence-electron chi connectivity index (χ0n) is 16.3. The highest BCUT2D eigenvalue weighted by Crippen LogP contribution is 2.24. The average Bonchev–Trinajstić information content (AvgIpc) is 3.56. The number of rotatable bonds is 6. The molecule has 1 unspecified atom stereocenters. The Labute approximate surface area is 185 Å². The van der Waals surface area contributed by atoms with Crippen LogP contribution in [0.3, 0.4) is 0 Å². The summed E-state index contributed by atoms with van der Waals surface area (Å²) in [6.07, 6.45) is 4.87. The predicted molar refractivity (Wildman–Crippen MR) is 118 cm³/mol. The van der Waals surface area contributed by atoms with Gasteiger partial charge in [0.15, 0.2) is 0 Å². The molecule has 0 aromatic heterocycles. The van der Waals surface area contributed by atoms with Gasteiger partial charge in [0.25, 0.3) is 0 Å². The molecule has 1 amide bonds.